The lowest BCUT2D eigenvalue weighted by molar-refractivity contribution is -0.131. The number of amides is 2. The highest BCUT2D eigenvalue weighted by atomic mass is 19.1. The van der Waals surface area contributed by atoms with E-state index in [2.05, 4.69) is 10.6 Å². The summed E-state index contributed by atoms with van der Waals surface area (Å²) in [5.41, 5.74) is -1.62. The van der Waals surface area contributed by atoms with E-state index in [0.717, 1.165) is 12.1 Å². The maximum absolute atomic E-state index is 13.6. The quantitative estimate of drug-likeness (QED) is 0.841. The fourth-order valence-corrected chi connectivity index (χ4v) is 2.32. The van der Waals surface area contributed by atoms with Crippen LogP contribution in [0.4, 0.5) is 24.5 Å². The monoisotopic (exact) mass is 334 g/mol. The minimum Gasteiger partial charge on any atom is -0.325 e. The van der Waals surface area contributed by atoms with E-state index in [4.69, 9.17) is 0 Å². The van der Waals surface area contributed by atoms with Gasteiger partial charge in [-0.3, -0.25) is 9.59 Å². The van der Waals surface area contributed by atoms with E-state index in [1.165, 1.54) is 30.3 Å². The Kier molecular flexibility index (Phi) is 4.01. The average Bonchev–Trinajstić information content (AvgIpc) is 3.35. The molecular formula is C17H13F3N2O2. The first-order chi connectivity index (χ1) is 11.4. The van der Waals surface area contributed by atoms with Gasteiger partial charge in [-0.15, -0.1) is 0 Å². The second kappa shape index (κ2) is 5.99. The van der Waals surface area contributed by atoms with Gasteiger partial charge in [0.15, 0.2) is 0 Å². The van der Waals surface area contributed by atoms with Crippen LogP contribution in [0.5, 0.6) is 0 Å². The van der Waals surface area contributed by atoms with Gasteiger partial charge >= 0.3 is 0 Å². The molecule has 2 aromatic carbocycles. The van der Waals surface area contributed by atoms with Crippen LogP contribution in [0.2, 0.25) is 0 Å². The number of nitrogens with one attached hydrogen (secondary N) is 2. The van der Waals surface area contributed by atoms with E-state index < -0.39 is 40.4 Å². The van der Waals surface area contributed by atoms with Crippen LogP contribution in [0, 0.1) is 22.9 Å². The lowest BCUT2D eigenvalue weighted by Crippen LogP contribution is -2.36. The maximum atomic E-state index is 13.6. The summed E-state index contributed by atoms with van der Waals surface area (Å²) in [6.45, 7) is 0. The zero-order valence-electron chi connectivity index (χ0n) is 12.4. The van der Waals surface area contributed by atoms with Gasteiger partial charge in [0.2, 0.25) is 11.8 Å². The number of benzene rings is 2. The molecule has 0 heterocycles. The summed E-state index contributed by atoms with van der Waals surface area (Å²) >= 11 is 0. The molecule has 124 valence electrons. The molecule has 24 heavy (non-hydrogen) atoms. The number of para-hydroxylation sites is 1. The van der Waals surface area contributed by atoms with Crippen LogP contribution < -0.4 is 10.6 Å². The molecule has 0 radical (unpaired) electrons. The van der Waals surface area contributed by atoms with Crippen molar-refractivity contribution >= 4 is 23.2 Å². The number of anilines is 2. The van der Waals surface area contributed by atoms with Crippen LogP contribution in [-0.2, 0) is 9.59 Å². The van der Waals surface area contributed by atoms with Crippen molar-refractivity contribution in [3.63, 3.8) is 0 Å². The molecule has 0 atom stereocenters. The summed E-state index contributed by atoms with van der Waals surface area (Å²) in [7, 11) is 0. The van der Waals surface area contributed by atoms with Crippen LogP contribution in [0.25, 0.3) is 0 Å². The Bertz CT molecular complexity index is 782. The lowest BCUT2D eigenvalue weighted by atomic mass is 10.0. The van der Waals surface area contributed by atoms with E-state index in [1.807, 2.05) is 0 Å². The molecule has 1 fully saturated rings. The lowest BCUT2D eigenvalue weighted by Gasteiger charge is -2.16. The summed E-state index contributed by atoms with van der Waals surface area (Å²) in [4.78, 5) is 24.7. The summed E-state index contributed by atoms with van der Waals surface area (Å²) in [5, 5.41) is 4.66. The van der Waals surface area contributed by atoms with Crippen molar-refractivity contribution in [3.05, 3.63) is 59.9 Å². The third-order valence-corrected chi connectivity index (χ3v) is 3.92. The highest BCUT2D eigenvalue weighted by Gasteiger charge is 2.56. The minimum atomic E-state index is -1.37. The Morgan fingerprint density at radius 2 is 1.38 bits per heavy atom. The fourth-order valence-electron chi connectivity index (χ4n) is 2.32. The highest BCUT2D eigenvalue weighted by Crippen LogP contribution is 2.47. The Morgan fingerprint density at radius 3 is 1.92 bits per heavy atom. The molecule has 1 aliphatic carbocycles. The van der Waals surface area contributed by atoms with E-state index in [-0.39, 0.29) is 12.8 Å². The third kappa shape index (κ3) is 2.97. The molecule has 2 amide bonds. The number of halogens is 3. The SMILES string of the molecule is O=C(Nc1ccc(F)cc1)C1(C(=O)Nc2c(F)cccc2F)CC1. The van der Waals surface area contributed by atoms with Crippen LogP contribution >= 0.6 is 0 Å². The van der Waals surface area contributed by atoms with E-state index >= 15 is 0 Å². The van der Waals surface area contributed by atoms with Gasteiger partial charge in [-0.1, -0.05) is 6.07 Å². The van der Waals surface area contributed by atoms with Gasteiger partial charge in [0.1, 0.15) is 28.6 Å². The number of hydrogen-bond donors (Lipinski definition) is 2. The average molecular weight is 334 g/mol. The molecule has 1 aliphatic rings. The van der Waals surface area contributed by atoms with Crippen molar-refractivity contribution in [3.8, 4) is 0 Å². The molecule has 0 unspecified atom stereocenters. The van der Waals surface area contributed by atoms with Crippen molar-refractivity contribution in [1.82, 2.24) is 0 Å². The molecule has 0 saturated heterocycles. The molecule has 0 aromatic heterocycles. The predicted molar refractivity (Wildman–Crippen MR) is 81.7 cm³/mol. The number of carbonyl (C=O) groups is 2. The summed E-state index contributed by atoms with van der Waals surface area (Å²) < 4.78 is 40.1. The normalized spacial score (nSPS) is 14.8. The molecule has 2 aromatic rings. The third-order valence-electron chi connectivity index (χ3n) is 3.92. The molecule has 3 rings (SSSR count). The Balaban J connectivity index is 1.74. The number of rotatable bonds is 4. The zero-order chi connectivity index (χ0) is 17.3. The molecule has 0 aliphatic heterocycles. The summed E-state index contributed by atoms with van der Waals surface area (Å²) in [6, 6.07) is 8.26. The van der Waals surface area contributed by atoms with Crippen molar-refractivity contribution in [2.75, 3.05) is 10.6 Å². The van der Waals surface area contributed by atoms with Crippen LogP contribution in [0.3, 0.4) is 0 Å². The Hall–Kier alpha value is -2.83. The van der Waals surface area contributed by atoms with Gasteiger partial charge in [-0.05, 0) is 49.2 Å². The Morgan fingerprint density at radius 1 is 0.833 bits per heavy atom. The van der Waals surface area contributed by atoms with Gasteiger partial charge < -0.3 is 10.6 Å². The molecule has 0 spiro atoms. The fraction of sp³-hybridized carbons (Fsp3) is 0.176. The highest BCUT2D eigenvalue weighted by molar-refractivity contribution is 6.16. The van der Waals surface area contributed by atoms with Gasteiger partial charge in [0.05, 0.1) is 0 Å². The molecule has 7 heteroatoms. The number of carbonyl (C=O) groups excluding carboxylic acids is 2. The van der Waals surface area contributed by atoms with Gasteiger partial charge in [-0.25, -0.2) is 13.2 Å². The first kappa shape index (κ1) is 16.0. The first-order valence-corrected chi connectivity index (χ1v) is 7.25. The predicted octanol–water partition coefficient (Wildman–Crippen LogP) is 3.46. The van der Waals surface area contributed by atoms with E-state index in [9.17, 15) is 22.8 Å². The number of hydrogen-bond acceptors (Lipinski definition) is 2. The molecule has 2 N–H and O–H groups in total. The molecule has 1 saturated carbocycles. The molecule has 0 bridgehead atoms. The topological polar surface area (TPSA) is 58.2 Å². The minimum absolute atomic E-state index is 0.266. The molecule has 4 nitrogen and oxygen atoms in total. The largest absolute Gasteiger partial charge is 0.325 e. The Labute approximate surface area is 135 Å². The van der Waals surface area contributed by atoms with Crippen molar-refractivity contribution in [2.45, 2.75) is 12.8 Å². The van der Waals surface area contributed by atoms with E-state index in [1.54, 1.807) is 0 Å². The van der Waals surface area contributed by atoms with E-state index in [0.29, 0.717) is 5.69 Å². The second-order valence-corrected chi connectivity index (χ2v) is 5.59. The molecular weight excluding hydrogens is 321 g/mol. The van der Waals surface area contributed by atoms with Gasteiger partial charge in [0.25, 0.3) is 0 Å². The van der Waals surface area contributed by atoms with Crippen molar-refractivity contribution in [1.29, 1.82) is 0 Å². The summed E-state index contributed by atoms with van der Waals surface area (Å²) in [5.74, 6) is -3.66. The van der Waals surface area contributed by atoms with Gasteiger partial charge in [-0.2, -0.15) is 0 Å². The van der Waals surface area contributed by atoms with Crippen molar-refractivity contribution < 1.29 is 22.8 Å². The zero-order valence-corrected chi connectivity index (χ0v) is 12.4. The smallest absolute Gasteiger partial charge is 0.240 e. The van der Waals surface area contributed by atoms with Crippen LogP contribution in [0.15, 0.2) is 42.5 Å². The van der Waals surface area contributed by atoms with Crippen LogP contribution in [0.1, 0.15) is 12.8 Å². The maximum Gasteiger partial charge on any atom is 0.240 e. The van der Waals surface area contributed by atoms with Crippen LogP contribution in [-0.4, -0.2) is 11.8 Å². The van der Waals surface area contributed by atoms with Crippen molar-refractivity contribution in [2.24, 2.45) is 5.41 Å². The standard InChI is InChI=1S/C17H13F3N2O2/c18-10-4-6-11(7-5-10)21-15(23)17(8-9-17)16(24)22-14-12(19)2-1-3-13(14)20/h1-7H,8-9H2,(H,21,23)(H,22,24). The van der Waals surface area contributed by atoms with Gasteiger partial charge in [0, 0.05) is 5.69 Å². The second-order valence-electron chi connectivity index (χ2n) is 5.59. The summed E-state index contributed by atoms with van der Waals surface area (Å²) in [6.07, 6.45) is 0.532. The first-order valence-electron chi connectivity index (χ1n) is 7.25.